The van der Waals surface area contributed by atoms with Crippen LogP contribution >= 0.6 is 19.8 Å². The van der Waals surface area contributed by atoms with Crippen molar-refractivity contribution < 1.29 is 76.7 Å². The fourth-order valence-electron chi connectivity index (χ4n) is 14.4. The number of halogens is 1. The van der Waals surface area contributed by atoms with Gasteiger partial charge in [0.2, 0.25) is 0 Å². The molecule has 6 unspecified atom stereocenters. The van der Waals surface area contributed by atoms with E-state index in [2.05, 4.69) is 42.6 Å². The van der Waals surface area contributed by atoms with E-state index in [0.29, 0.717) is 97.8 Å². The summed E-state index contributed by atoms with van der Waals surface area (Å²) in [4.78, 5) is 133. The molecule has 0 bridgehead atoms. The van der Waals surface area contributed by atoms with Gasteiger partial charge in [-0.3, -0.25) is 25.1 Å². The van der Waals surface area contributed by atoms with Crippen molar-refractivity contribution in [1.82, 2.24) is 47.1 Å². The number of ether oxygens (including phenoxy) is 6. The zero-order chi connectivity index (χ0) is 77.2. The van der Waals surface area contributed by atoms with Gasteiger partial charge >= 0.3 is 212 Å². The normalized spacial score (nSPS) is 19.2. The molecule has 30 heteroatoms. The van der Waals surface area contributed by atoms with E-state index in [1.807, 2.05) is 102 Å². The molecule has 0 radical (unpaired) electrons. The number of anilines is 3. The first-order chi connectivity index (χ1) is 52.6. The van der Waals surface area contributed by atoms with E-state index in [-0.39, 0.29) is 84.7 Å². The molecular formula is C79H94IN13O16. The number of hydrazine groups is 1. The molecule has 6 atom stereocenters. The number of carbonyl (C=O) groups excluding carboxylic acids is 9. The number of alkyl halides is 3. The van der Waals surface area contributed by atoms with Gasteiger partial charge in [-0.25, -0.2) is 9.69 Å². The second kappa shape index (κ2) is 34.7. The van der Waals surface area contributed by atoms with Gasteiger partial charge in [0.15, 0.2) is 17.7 Å². The molecule has 0 aromatic heterocycles. The number of carbonyl (C=O) groups is 9. The van der Waals surface area contributed by atoms with Crippen molar-refractivity contribution in [3.8, 4) is 17.2 Å². The number of benzene rings is 5. The Balaban J connectivity index is 0.587. The predicted octanol–water partition coefficient (Wildman–Crippen LogP) is 6.61. The molecule has 1 spiro atoms. The zero-order valence-corrected chi connectivity index (χ0v) is 64.2. The maximum Gasteiger partial charge on any atom is 0.0515 e. The smallest absolute Gasteiger partial charge is 0.0515 e. The van der Waals surface area contributed by atoms with Crippen molar-refractivity contribution in [3.63, 3.8) is 0 Å². The standard InChI is InChI=1S/C79H94IN13O16/c1-8-82-70-53-17-11-10-16-49(53)42-90(58-19-13-12-18-54(58)71(70)89-81)69(97)29-28-66(94)83-40-67(95)84-41-68(96)88-72(80(3)4)74(99)85-46(2)73(98)86-51-24-20-47(21-25-51)44-109-78(103)93-59-38-64(62(106-7)36-56(59)76(101)92-45-79(30-31-79)39-60(92)77(93)102)108-33-15-9-14-32-107-63-37-57-55(35-61(63)105-6)75(100)91-43-50(34-65(91)87-57)48-22-26-52(104-5)27-23-48/h10-13,16-27,36-38,43,46,60-61,65,72,77,82,87,89,102H,8-9,14-15,28-35,39-42,44-45,81H2,1-7H3,(H,83,94)(H,84,95)(H,85,99)(H,86,98)(H,88,96). The van der Waals surface area contributed by atoms with Crippen LogP contribution < -0.4 is 72.5 Å². The van der Waals surface area contributed by atoms with Gasteiger partial charge < -0.3 is 54.7 Å². The molecule has 5 heterocycles. The summed E-state index contributed by atoms with van der Waals surface area (Å²) >= 11 is -2.19. The minimum Gasteiger partial charge on any atom is -0.0619 e. The molecule has 29 nitrogen and oxygen atoms in total. The summed E-state index contributed by atoms with van der Waals surface area (Å²) in [6.45, 7) is 4.11. The summed E-state index contributed by atoms with van der Waals surface area (Å²) in [7, 11) is 4.69. The van der Waals surface area contributed by atoms with Crippen LogP contribution in [0.15, 0.2) is 138 Å². The van der Waals surface area contributed by atoms with Crippen LogP contribution in [0.5, 0.6) is 17.2 Å². The first-order valence-corrected chi connectivity index (χ1v) is 42.0. The molecule has 5 aliphatic heterocycles. The number of para-hydroxylation sites is 1. The van der Waals surface area contributed by atoms with Gasteiger partial charge in [-0.1, -0.05) is 54.6 Å². The van der Waals surface area contributed by atoms with Crippen LogP contribution in [0.1, 0.15) is 116 Å². The van der Waals surface area contributed by atoms with E-state index in [1.54, 1.807) is 53.2 Å². The number of fused-ring (bicyclic) bond motifs is 5. The van der Waals surface area contributed by atoms with E-state index in [1.165, 1.54) is 26.2 Å². The Morgan fingerprint density at radius 3 is 2.17 bits per heavy atom. The molecule has 2 fully saturated rings. The van der Waals surface area contributed by atoms with Crippen molar-refractivity contribution in [2.45, 2.75) is 126 Å². The first kappa shape index (κ1) is 77.9. The van der Waals surface area contributed by atoms with Crippen LogP contribution in [0.2, 0.25) is 0 Å². The third-order valence-electron chi connectivity index (χ3n) is 20.5. The molecule has 12 rings (SSSR count). The summed E-state index contributed by atoms with van der Waals surface area (Å²) in [5.41, 5.74) is 11.6. The molecule has 109 heavy (non-hydrogen) atoms. The van der Waals surface area contributed by atoms with Crippen LogP contribution in [0.3, 0.4) is 0 Å². The quantitative estimate of drug-likeness (QED) is 0.00577. The Morgan fingerprint density at radius 2 is 1.46 bits per heavy atom. The Morgan fingerprint density at radius 1 is 0.743 bits per heavy atom. The number of nitrogens with zero attached hydrogens (tertiary/aromatic N) is 4. The van der Waals surface area contributed by atoms with Crippen molar-refractivity contribution >= 4 is 107 Å². The number of rotatable bonds is 30. The minimum atomic E-state index is -2.19. The van der Waals surface area contributed by atoms with Gasteiger partial charge in [0.25, 0.3) is 11.8 Å². The molecular weight excluding hydrogens is 1510 g/mol. The van der Waals surface area contributed by atoms with E-state index >= 15 is 0 Å². The summed E-state index contributed by atoms with van der Waals surface area (Å²) < 4.78 is 34.5. The second-order valence-corrected chi connectivity index (χ2v) is 33.8. The predicted molar refractivity (Wildman–Crippen MR) is 416 cm³/mol. The minimum absolute atomic E-state index is 0.0685. The van der Waals surface area contributed by atoms with Crippen LogP contribution in [-0.2, 0) is 60.9 Å². The van der Waals surface area contributed by atoms with E-state index in [9.17, 15) is 48.3 Å². The van der Waals surface area contributed by atoms with Crippen molar-refractivity contribution in [2.24, 2.45) is 11.3 Å². The molecule has 1 saturated heterocycles. The summed E-state index contributed by atoms with van der Waals surface area (Å²) in [5, 5.41) is 32.3. The first-order valence-electron chi connectivity index (χ1n) is 36.4. The Labute approximate surface area is 639 Å². The van der Waals surface area contributed by atoms with Crippen molar-refractivity contribution in [2.75, 3.05) is 85.7 Å². The van der Waals surface area contributed by atoms with Gasteiger partial charge in [0.05, 0.1) is 68.4 Å². The Hall–Kier alpha value is -10.7. The third kappa shape index (κ3) is 17.7. The number of amides is 9. The second-order valence-electron chi connectivity index (χ2n) is 27.9. The Bertz CT molecular complexity index is 4450. The number of unbranched alkanes of at least 4 members (excludes halogenated alkanes) is 2. The van der Waals surface area contributed by atoms with E-state index in [0.717, 1.165) is 57.1 Å². The van der Waals surface area contributed by atoms with Gasteiger partial charge in [-0.15, -0.1) is 0 Å². The maximum absolute atomic E-state index is 14.5. The van der Waals surface area contributed by atoms with Crippen LogP contribution in [0.25, 0.3) is 17.0 Å². The molecule has 9 amide bonds. The van der Waals surface area contributed by atoms with E-state index < -0.39 is 97.0 Å². The molecule has 5 aromatic rings. The average molecular weight is 1610 g/mol. The van der Waals surface area contributed by atoms with Crippen LogP contribution in [-0.4, -0.2) is 173 Å². The topological polar surface area (TPSA) is 364 Å². The van der Waals surface area contributed by atoms with Crippen LogP contribution in [0, 0.1) is 5.41 Å². The third-order valence-corrected chi connectivity index (χ3v) is 23.8. The molecule has 7 aliphatic rings. The fourth-order valence-corrected chi connectivity index (χ4v) is 16.7. The monoisotopic (exact) mass is 1610 g/mol. The molecule has 2 aliphatic carbocycles. The number of hydrogen-bond donors (Lipinski definition) is 10. The summed E-state index contributed by atoms with van der Waals surface area (Å²) in [6, 6.07) is 30.5. The summed E-state index contributed by atoms with van der Waals surface area (Å²) in [5.74, 6) is 4.17. The average Bonchev–Trinajstić information content (AvgIpc) is 1.57. The van der Waals surface area contributed by atoms with Crippen molar-refractivity contribution in [3.05, 3.63) is 172 Å². The largest absolute Gasteiger partial charge is 0.0619 e. The number of aliphatic hydroxyl groups is 1. The maximum atomic E-state index is 14.5. The van der Waals surface area contributed by atoms with Gasteiger partial charge in [-0.2, -0.15) is 0 Å². The van der Waals surface area contributed by atoms with E-state index in [4.69, 9.17) is 34.3 Å². The number of aliphatic hydroxyl groups excluding tert-OH is 1. The fraction of sp³-hybridized carbons (Fsp3) is 0.405. The number of hydrogen-bond acceptors (Lipinski definition) is 20. The van der Waals surface area contributed by atoms with Crippen molar-refractivity contribution in [1.29, 1.82) is 0 Å². The molecule has 578 valence electrons. The summed E-state index contributed by atoms with van der Waals surface area (Å²) in [6.07, 6.45) is 5.56. The number of nitrogens with one attached hydrogen (secondary N) is 8. The molecule has 1 saturated carbocycles. The number of methoxy groups -OCH3 is 3. The Kier molecular flexibility index (Phi) is 24.8. The van der Waals surface area contributed by atoms with Gasteiger partial charge in [-0.05, 0) is 91.8 Å². The zero-order valence-electron chi connectivity index (χ0n) is 62.1. The SMILES string of the molecule is CCNC1=C(NN)c2ccccc2N(C(=O)CCC(=O)NCC(=O)NCC(=O)NC(C(=O)NC(C)C(=O)Nc2ccc(COC(=O)N3c4cc(OCCCCCOC5=CC6=C(CC5OC)C(=O)N5C=C(c7ccc(OC)cc7)CC5N6)c(OC)cc4C(=O)N4CC5(CC5)CC4C3O)cc2)I(C)C)Cc2ccccc21. The van der Waals surface area contributed by atoms with Crippen LogP contribution in [0.4, 0.5) is 21.9 Å². The number of nitrogens with two attached hydrogens (primary N) is 1. The molecule has 5 aromatic carbocycles. The molecule has 11 N–H and O–H groups in total. The van der Waals surface area contributed by atoms with Gasteiger partial charge in [0, 0.05) is 73.8 Å². The number of allylic oxidation sites excluding steroid dienone is 1. The van der Waals surface area contributed by atoms with Gasteiger partial charge in [0.1, 0.15) is 23.8 Å².